The molecule has 2 N–H and O–H groups in total. The summed E-state index contributed by atoms with van der Waals surface area (Å²) in [5, 5.41) is 13.8. The van der Waals surface area contributed by atoms with E-state index < -0.39 is 11.7 Å². The lowest BCUT2D eigenvalue weighted by molar-refractivity contribution is -0.118. The predicted molar refractivity (Wildman–Crippen MR) is 82.9 cm³/mol. The van der Waals surface area contributed by atoms with Crippen LogP contribution in [0.25, 0.3) is 0 Å². The van der Waals surface area contributed by atoms with Crippen LogP contribution in [0, 0.1) is 5.82 Å². The minimum atomic E-state index is -0.522. The summed E-state index contributed by atoms with van der Waals surface area (Å²) in [4.78, 5) is 11.8. The molecule has 0 fully saturated rings. The van der Waals surface area contributed by atoms with Gasteiger partial charge in [0.05, 0.1) is 19.0 Å². The van der Waals surface area contributed by atoms with E-state index in [-0.39, 0.29) is 12.3 Å². The SMILES string of the molecule is COc1cc(/C=N/O)ccc1OCC(=O)Nc1ccccc1F. The van der Waals surface area contributed by atoms with Crippen LogP contribution in [0.4, 0.5) is 10.1 Å². The van der Waals surface area contributed by atoms with Crippen LogP contribution in [0.15, 0.2) is 47.6 Å². The summed E-state index contributed by atoms with van der Waals surface area (Å²) in [7, 11) is 1.45. The van der Waals surface area contributed by atoms with Crippen LogP contribution in [0.3, 0.4) is 0 Å². The van der Waals surface area contributed by atoms with Gasteiger partial charge in [0.2, 0.25) is 0 Å². The monoisotopic (exact) mass is 318 g/mol. The molecule has 120 valence electrons. The molecule has 0 saturated heterocycles. The van der Waals surface area contributed by atoms with Crippen molar-refractivity contribution in [1.29, 1.82) is 0 Å². The second kappa shape index (κ2) is 7.79. The molecule has 0 aromatic heterocycles. The highest BCUT2D eigenvalue weighted by molar-refractivity contribution is 5.92. The molecule has 0 aliphatic carbocycles. The van der Waals surface area contributed by atoms with Gasteiger partial charge in [-0.25, -0.2) is 4.39 Å². The van der Waals surface area contributed by atoms with Gasteiger partial charge >= 0.3 is 0 Å². The van der Waals surface area contributed by atoms with Crippen molar-refractivity contribution in [3.05, 3.63) is 53.8 Å². The quantitative estimate of drug-likeness (QED) is 0.487. The normalized spacial score (nSPS) is 10.5. The van der Waals surface area contributed by atoms with Gasteiger partial charge in [0, 0.05) is 5.56 Å². The first-order valence-electron chi connectivity index (χ1n) is 6.66. The summed E-state index contributed by atoms with van der Waals surface area (Å²) in [5.41, 5.74) is 0.690. The van der Waals surface area contributed by atoms with Gasteiger partial charge in [0.1, 0.15) is 5.82 Å². The third kappa shape index (κ3) is 4.44. The molecule has 0 unspecified atom stereocenters. The van der Waals surface area contributed by atoms with E-state index in [2.05, 4.69) is 10.5 Å². The molecule has 1 amide bonds. The first-order valence-corrected chi connectivity index (χ1v) is 6.66. The Morgan fingerprint density at radius 1 is 1.30 bits per heavy atom. The number of hydrogen-bond donors (Lipinski definition) is 2. The number of ether oxygens (including phenoxy) is 2. The third-order valence-electron chi connectivity index (χ3n) is 2.90. The number of rotatable bonds is 6. The number of anilines is 1. The maximum atomic E-state index is 13.4. The first kappa shape index (κ1) is 16.3. The zero-order valence-corrected chi connectivity index (χ0v) is 12.3. The number of nitrogens with zero attached hydrogens (tertiary/aromatic N) is 1. The molecular weight excluding hydrogens is 303 g/mol. The van der Waals surface area contributed by atoms with Gasteiger partial charge in [-0.1, -0.05) is 17.3 Å². The van der Waals surface area contributed by atoms with Crippen molar-refractivity contribution in [2.24, 2.45) is 5.16 Å². The van der Waals surface area contributed by atoms with Crippen LogP contribution in [-0.2, 0) is 4.79 Å². The number of oxime groups is 1. The number of hydrogen-bond acceptors (Lipinski definition) is 5. The lowest BCUT2D eigenvalue weighted by atomic mass is 10.2. The van der Waals surface area contributed by atoms with Gasteiger partial charge < -0.3 is 20.0 Å². The standard InChI is InChI=1S/C16H15FN2O4/c1-22-15-8-11(9-18-21)6-7-14(15)23-10-16(20)19-13-5-3-2-4-12(13)17/h2-9,21H,10H2,1H3,(H,19,20)/b18-9+. The van der Waals surface area contributed by atoms with Crippen molar-refractivity contribution in [1.82, 2.24) is 0 Å². The number of nitrogens with one attached hydrogen (secondary N) is 1. The number of para-hydroxylation sites is 1. The summed E-state index contributed by atoms with van der Waals surface area (Å²) in [6, 6.07) is 10.6. The van der Waals surface area contributed by atoms with E-state index in [9.17, 15) is 9.18 Å². The minimum Gasteiger partial charge on any atom is -0.493 e. The zero-order valence-electron chi connectivity index (χ0n) is 12.3. The number of amides is 1. The van der Waals surface area contributed by atoms with Crippen molar-refractivity contribution >= 4 is 17.8 Å². The van der Waals surface area contributed by atoms with Crippen molar-refractivity contribution in [3.8, 4) is 11.5 Å². The van der Waals surface area contributed by atoms with Gasteiger partial charge in [0.25, 0.3) is 5.91 Å². The maximum absolute atomic E-state index is 13.4. The summed E-state index contributed by atoms with van der Waals surface area (Å²) in [6.45, 7) is -0.307. The first-order chi connectivity index (χ1) is 11.1. The van der Waals surface area contributed by atoms with E-state index >= 15 is 0 Å². The van der Waals surface area contributed by atoms with E-state index in [0.29, 0.717) is 17.1 Å². The van der Waals surface area contributed by atoms with Crippen LogP contribution in [0.5, 0.6) is 11.5 Å². The Morgan fingerprint density at radius 2 is 2.09 bits per heavy atom. The van der Waals surface area contributed by atoms with E-state index in [4.69, 9.17) is 14.7 Å². The molecule has 0 atom stereocenters. The summed E-state index contributed by atoms with van der Waals surface area (Å²) in [5.74, 6) is -0.309. The summed E-state index contributed by atoms with van der Waals surface area (Å²) in [6.07, 6.45) is 1.23. The van der Waals surface area contributed by atoms with E-state index in [0.717, 1.165) is 0 Å². The molecular formula is C16H15FN2O4. The fourth-order valence-corrected chi connectivity index (χ4v) is 1.84. The van der Waals surface area contributed by atoms with E-state index in [1.807, 2.05) is 0 Å². The van der Waals surface area contributed by atoms with Gasteiger partial charge in [-0.2, -0.15) is 0 Å². The second-order valence-corrected chi connectivity index (χ2v) is 4.47. The molecule has 6 nitrogen and oxygen atoms in total. The second-order valence-electron chi connectivity index (χ2n) is 4.47. The third-order valence-corrected chi connectivity index (χ3v) is 2.90. The Labute approximate surface area is 132 Å². The molecule has 0 aliphatic heterocycles. The molecule has 2 aromatic carbocycles. The fourth-order valence-electron chi connectivity index (χ4n) is 1.84. The van der Waals surface area contributed by atoms with Gasteiger partial charge in [-0.15, -0.1) is 0 Å². The number of halogens is 1. The van der Waals surface area contributed by atoms with Gasteiger partial charge in [0.15, 0.2) is 18.1 Å². The lowest BCUT2D eigenvalue weighted by Crippen LogP contribution is -2.21. The highest BCUT2D eigenvalue weighted by atomic mass is 19.1. The molecule has 0 spiro atoms. The molecule has 0 radical (unpaired) electrons. The molecule has 2 rings (SSSR count). The van der Waals surface area contributed by atoms with Crippen molar-refractivity contribution < 1.29 is 23.9 Å². The number of carbonyl (C=O) groups excluding carboxylic acids is 1. The Balaban J connectivity index is 2.00. The molecule has 2 aromatic rings. The largest absolute Gasteiger partial charge is 0.493 e. The number of carbonyl (C=O) groups is 1. The van der Waals surface area contributed by atoms with Gasteiger partial charge in [-0.05, 0) is 30.3 Å². The molecule has 7 heteroatoms. The number of benzene rings is 2. The Kier molecular flexibility index (Phi) is 5.51. The molecule has 0 aliphatic rings. The molecule has 0 heterocycles. The maximum Gasteiger partial charge on any atom is 0.262 e. The minimum absolute atomic E-state index is 0.0857. The highest BCUT2D eigenvalue weighted by Gasteiger charge is 2.10. The summed E-state index contributed by atoms with van der Waals surface area (Å²) >= 11 is 0. The average molecular weight is 318 g/mol. The fraction of sp³-hybridized carbons (Fsp3) is 0.125. The van der Waals surface area contributed by atoms with E-state index in [1.54, 1.807) is 24.3 Å². The van der Waals surface area contributed by atoms with Crippen LogP contribution < -0.4 is 14.8 Å². The highest BCUT2D eigenvalue weighted by Crippen LogP contribution is 2.27. The molecule has 23 heavy (non-hydrogen) atoms. The van der Waals surface area contributed by atoms with Crippen LogP contribution in [-0.4, -0.2) is 31.0 Å². The Morgan fingerprint density at radius 3 is 2.78 bits per heavy atom. The van der Waals surface area contributed by atoms with Crippen molar-refractivity contribution in [3.63, 3.8) is 0 Å². The Hall–Kier alpha value is -3.09. The average Bonchev–Trinajstić information content (AvgIpc) is 2.56. The predicted octanol–water partition coefficient (Wildman–Crippen LogP) is 2.66. The van der Waals surface area contributed by atoms with Crippen LogP contribution in [0.1, 0.15) is 5.56 Å². The molecule has 0 saturated carbocycles. The smallest absolute Gasteiger partial charge is 0.262 e. The van der Waals surface area contributed by atoms with Crippen molar-refractivity contribution in [2.75, 3.05) is 19.0 Å². The van der Waals surface area contributed by atoms with Crippen LogP contribution >= 0.6 is 0 Å². The Bertz CT molecular complexity index is 719. The number of methoxy groups -OCH3 is 1. The van der Waals surface area contributed by atoms with E-state index in [1.165, 1.54) is 31.5 Å². The summed E-state index contributed by atoms with van der Waals surface area (Å²) < 4.78 is 24.0. The zero-order chi connectivity index (χ0) is 16.7. The topological polar surface area (TPSA) is 80.2 Å². The lowest BCUT2D eigenvalue weighted by Gasteiger charge is -2.11. The van der Waals surface area contributed by atoms with Crippen molar-refractivity contribution in [2.45, 2.75) is 0 Å². The van der Waals surface area contributed by atoms with Gasteiger partial charge in [-0.3, -0.25) is 4.79 Å². The van der Waals surface area contributed by atoms with Crippen LogP contribution in [0.2, 0.25) is 0 Å². The molecule has 0 bridgehead atoms.